The van der Waals surface area contributed by atoms with Crippen LogP contribution in [0.15, 0.2) is 67.3 Å². The van der Waals surface area contributed by atoms with Crippen LogP contribution in [-0.2, 0) is 5.92 Å². The Balaban J connectivity index is 0.000000299. The van der Waals surface area contributed by atoms with Gasteiger partial charge in [0, 0.05) is 53.5 Å². The molecule has 0 saturated carbocycles. The fourth-order valence-electron chi connectivity index (χ4n) is 9.49. The maximum absolute atomic E-state index is 13.9. The molecule has 0 fully saturated rings. The topological polar surface area (TPSA) is 188 Å². The van der Waals surface area contributed by atoms with Gasteiger partial charge >= 0.3 is 12.2 Å². The molecule has 20 heteroatoms. The molecule has 9 rings (SSSR count). The first kappa shape index (κ1) is 84.7. The molecular formula is C78H117F4N11O5. The SMILES string of the molecule is CC(C)c1ccc(C(C)C)c2c1OC(F)(F)O2.CC(C)c1ccc(C(C)C)c2c1OCC2(F)F.CC(C)c1ccc(C(C)C)nn1.CC(C)c1cnc(C(C)C)cn1.CC(C)c1cnc(C(C)C)nn1.COc1cc(C(C)C)nnc1C(C)C.COc1nc(C(C)C)cnc1C(C)C. The highest BCUT2D eigenvalue weighted by Gasteiger charge is 2.47. The minimum atomic E-state index is -3.54. The van der Waals surface area contributed by atoms with E-state index in [2.05, 4.69) is 216 Å². The predicted octanol–water partition coefficient (Wildman–Crippen LogP) is 21.7. The number of rotatable bonds is 16. The highest BCUT2D eigenvalue weighted by Crippen LogP contribution is 2.50. The monoisotopic (exact) mass is 1360 g/mol. The van der Waals surface area contributed by atoms with Crippen molar-refractivity contribution in [2.24, 2.45) is 0 Å². The predicted molar refractivity (Wildman–Crippen MR) is 387 cm³/mol. The van der Waals surface area contributed by atoms with Crippen LogP contribution >= 0.6 is 0 Å². The van der Waals surface area contributed by atoms with Gasteiger partial charge in [0.1, 0.15) is 22.9 Å². The van der Waals surface area contributed by atoms with Crippen molar-refractivity contribution in [3.8, 4) is 28.9 Å². The van der Waals surface area contributed by atoms with Gasteiger partial charge in [-0.2, -0.15) is 34.3 Å². The molecule has 0 amide bonds. The molecule has 7 aromatic rings. The number of benzene rings is 2. The Morgan fingerprint density at radius 2 is 0.724 bits per heavy atom. The average molecular weight is 1360 g/mol. The van der Waals surface area contributed by atoms with Crippen LogP contribution in [0.1, 0.15) is 362 Å². The molecule has 2 aliphatic heterocycles. The molecule has 0 unspecified atom stereocenters. The van der Waals surface area contributed by atoms with Crippen LogP contribution < -0.4 is 23.7 Å². The summed E-state index contributed by atoms with van der Waals surface area (Å²) in [4.78, 5) is 21.7. The van der Waals surface area contributed by atoms with Crippen LogP contribution in [0.5, 0.6) is 28.9 Å². The van der Waals surface area contributed by atoms with E-state index < -0.39 is 18.8 Å². The van der Waals surface area contributed by atoms with Gasteiger partial charge in [0.15, 0.2) is 23.9 Å². The molecule has 0 radical (unpaired) electrons. The molecule has 5 aromatic heterocycles. The van der Waals surface area contributed by atoms with Crippen molar-refractivity contribution < 1.29 is 41.2 Å². The quantitative estimate of drug-likeness (QED) is 0.0830. The summed E-state index contributed by atoms with van der Waals surface area (Å²) in [6.45, 7) is 57.1. The molecule has 0 saturated heterocycles. The zero-order valence-corrected chi connectivity index (χ0v) is 64.6. The normalized spacial score (nSPS) is 13.2. The van der Waals surface area contributed by atoms with Crippen LogP contribution in [0.25, 0.3) is 0 Å². The Kier molecular flexibility index (Phi) is 33.5. The van der Waals surface area contributed by atoms with Gasteiger partial charge in [-0.05, 0) is 88.4 Å². The smallest absolute Gasteiger partial charge is 0.495 e. The van der Waals surface area contributed by atoms with Crippen molar-refractivity contribution in [3.05, 3.63) is 152 Å². The number of hydrogen-bond acceptors (Lipinski definition) is 16. The van der Waals surface area contributed by atoms with Crippen LogP contribution in [0.3, 0.4) is 0 Å². The van der Waals surface area contributed by atoms with Gasteiger partial charge in [-0.1, -0.05) is 218 Å². The summed E-state index contributed by atoms with van der Waals surface area (Å²) >= 11 is 0. The number of aromatic nitrogens is 11. The summed E-state index contributed by atoms with van der Waals surface area (Å²) in [5, 5.41) is 24.8. The molecule has 7 heterocycles. The van der Waals surface area contributed by atoms with Gasteiger partial charge in [0.2, 0.25) is 5.88 Å². The van der Waals surface area contributed by atoms with E-state index in [4.69, 9.17) is 14.2 Å². The molecule has 2 aliphatic rings. The van der Waals surface area contributed by atoms with Crippen molar-refractivity contribution in [2.75, 3.05) is 20.8 Å². The van der Waals surface area contributed by atoms with Crippen molar-refractivity contribution in [3.63, 3.8) is 0 Å². The molecule has 0 bridgehead atoms. The number of halogens is 4. The second-order valence-electron chi connectivity index (χ2n) is 29.1. The van der Waals surface area contributed by atoms with Crippen LogP contribution in [-0.4, -0.2) is 82.6 Å². The first-order valence-electron chi connectivity index (χ1n) is 34.9. The third-order valence-electron chi connectivity index (χ3n) is 15.8. The Labute approximate surface area is 585 Å². The number of ether oxygens (including phenoxy) is 5. The summed E-state index contributed by atoms with van der Waals surface area (Å²) in [6, 6.07) is 13.5. The van der Waals surface area contributed by atoms with Crippen molar-refractivity contribution in [1.29, 1.82) is 0 Å². The largest absolute Gasteiger partial charge is 0.586 e. The molecule has 542 valence electrons. The number of methoxy groups -OCH3 is 2. The number of alkyl halides is 4. The van der Waals surface area contributed by atoms with Crippen LogP contribution in [0.4, 0.5) is 17.6 Å². The van der Waals surface area contributed by atoms with Gasteiger partial charge < -0.3 is 23.7 Å². The second-order valence-corrected chi connectivity index (χ2v) is 29.1. The Morgan fingerprint density at radius 3 is 1.06 bits per heavy atom. The summed E-state index contributed by atoms with van der Waals surface area (Å²) in [5.74, 6) is 4.89. The lowest BCUT2D eigenvalue weighted by Gasteiger charge is -2.18. The summed E-state index contributed by atoms with van der Waals surface area (Å²) < 4.78 is 79.1. The zero-order chi connectivity index (χ0) is 74.4. The second kappa shape index (κ2) is 38.7. The molecule has 98 heavy (non-hydrogen) atoms. The van der Waals surface area contributed by atoms with E-state index in [0.717, 1.165) is 79.5 Å². The van der Waals surface area contributed by atoms with Gasteiger partial charge in [0.05, 0.1) is 65.8 Å². The number of nitrogens with zero attached hydrogens (tertiary/aromatic N) is 11. The summed E-state index contributed by atoms with van der Waals surface area (Å²) in [6.07, 6.45) is 3.85. The third kappa shape index (κ3) is 25.0. The van der Waals surface area contributed by atoms with Gasteiger partial charge in [-0.15, -0.1) is 13.9 Å². The highest BCUT2D eigenvalue weighted by molar-refractivity contribution is 5.56. The maximum atomic E-state index is 13.9. The lowest BCUT2D eigenvalue weighted by molar-refractivity contribution is -0.287. The Morgan fingerprint density at radius 1 is 0.347 bits per heavy atom. The maximum Gasteiger partial charge on any atom is 0.586 e. The van der Waals surface area contributed by atoms with E-state index in [1.807, 2.05) is 111 Å². The molecule has 2 aromatic carbocycles. The third-order valence-corrected chi connectivity index (χ3v) is 15.8. The Bertz CT molecular complexity index is 3190. The Hall–Kier alpha value is -7.51. The average Bonchev–Trinajstić information content (AvgIpc) is 1.61. The van der Waals surface area contributed by atoms with Crippen LogP contribution in [0.2, 0.25) is 0 Å². The van der Waals surface area contributed by atoms with Gasteiger partial charge in [-0.25, -0.2) is 9.97 Å². The molecular weight excluding hydrogens is 1250 g/mol. The molecule has 0 atom stereocenters. The fraction of sp³-hybridized carbons (Fsp3) is 0.603. The zero-order valence-electron chi connectivity index (χ0n) is 64.6. The van der Waals surface area contributed by atoms with Crippen molar-refractivity contribution in [2.45, 2.75) is 289 Å². The lowest BCUT2D eigenvalue weighted by atomic mass is 9.89. The van der Waals surface area contributed by atoms with E-state index in [-0.39, 0.29) is 40.7 Å². The molecule has 0 aliphatic carbocycles. The molecule has 0 N–H and O–H groups in total. The molecule has 0 spiro atoms. The number of hydrogen-bond donors (Lipinski definition) is 0. The summed E-state index contributed by atoms with van der Waals surface area (Å²) in [5.41, 5.74) is 12.2. The van der Waals surface area contributed by atoms with E-state index in [9.17, 15) is 17.6 Å². The van der Waals surface area contributed by atoms with Gasteiger partial charge in [0.25, 0.3) is 0 Å². The van der Waals surface area contributed by atoms with E-state index in [0.29, 0.717) is 76.4 Å². The first-order valence-corrected chi connectivity index (χ1v) is 34.9. The first-order chi connectivity index (χ1) is 45.6. The minimum Gasteiger partial charge on any atom is -0.495 e. The van der Waals surface area contributed by atoms with E-state index >= 15 is 0 Å². The highest BCUT2D eigenvalue weighted by atomic mass is 19.3. The minimum absolute atomic E-state index is 0.0811. The van der Waals surface area contributed by atoms with Crippen molar-refractivity contribution >= 4 is 0 Å². The van der Waals surface area contributed by atoms with E-state index in [1.54, 1.807) is 14.2 Å². The van der Waals surface area contributed by atoms with Crippen LogP contribution in [0, 0.1) is 0 Å². The lowest BCUT2D eigenvalue weighted by Crippen LogP contribution is -2.26. The standard InChI is InChI=1S/C14H18F2O.C13H16F2O2.2C11H18N2O.2C10H16N2.C9H15N3/c1-8(2)10-5-6-11(9(3)4)13-12(10)14(15,16)7-17-13;1-7(2)9-5-6-10(8(3)4)12-11(9)16-13(14,15)17-12;1-7(2)9-6-12-10(8(3)4)11(13-9)14-5;1-7(2)9-6-10(14-5)11(8(3)4)13-12-9;1-7(2)9-5-12-10(6-11-9)8(3)4;1-7(2)9-5-6-10(8(3)4)12-11-9;1-6(2)8-5-10-9(7(3)4)12-11-8/h5-6,8-9H,7H2,1-4H3;5-8H,1-4H3;2*6-8H,1-5H3;2*5-8H,1-4H3;5-7H,1-4H3. The summed E-state index contributed by atoms with van der Waals surface area (Å²) in [7, 11) is 3.31. The van der Waals surface area contributed by atoms with E-state index in [1.165, 1.54) is 0 Å². The van der Waals surface area contributed by atoms with Crippen molar-refractivity contribution in [1.82, 2.24) is 55.5 Å². The molecule has 16 nitrogen and oxygen atoms in total. The van der Waals surface area contributed by atoms with Gasteiger partial charge in [-0.3, -0.25) is 15.0 Å². The fourth-order valence-corrected chi connectivity index (χ4v) is 9.49. The number of fused-ring (bicyclic) bond motifs is 2.